The zero-order valence-corrected chi connectivity index (χ0v) is 16.0. The third-order valence-electron chi connectivity index (χ3n) is 5.19. The molecule has 0 spiro atoms. The molecule has 0 unspecified atom stereocenters. The predicted molar refractivity (Wildman–Crippen MR) is 103 cm³/mol. The van der Waals surface area contributed by atoms with Crippen molar-refractivity contribution in [3.8, 4) is 0 Å². The number of benzene rings is 1. The molecule has 9 heteroatoms. The van der Waals surface area contributed by atoms with Crippen LogP contribution in [0.5, 0.6) is 0 Å². The number of nitrogens with one attached hydrogen (secondary N) is 1. The minimum absolute atomic E-state index is 0.0597. The lowest BCUT2D eigenvalue weighted by atomic mass is 10.1. The Morgan fingerprint density at radius 2 is 1.62 bits per heavy atom. The molecule has 1 saturated heterocycles. The molecule has 0 bridgehead atoms. The summed E-state index contributed by atoms with van der Waals surface area (Å²) in [6.07, 6.45) is 0.425. The second-order valence-corrected chi connectivity index (χ2v) is 7.32. The van der Waals surface area contributed by atoms with Gasteiger partial charge < -0.3 is 5.32 Å². The van der Waals surface area contributed by atoms with Crippen molar-refractivity contribution in [3.05, 3.63) is 53.3 Å². The van der Waals surface area contributed by atoms with Gasteiger partial charge in [-0.25, -0.2) is 0 Å². The molecule has 0 atom stereocenters. The second kappa shape index (κ2) is 8.36. The Hall–Kier alpha value is -2.68. The first kappa shape index (κ1) is 19.6. The smallest absolute Gasteiger partial charge is 0.365 e. The van der Waals surface area contributed by atoms with E-state index >= 15 is 0 Å². The fourth-order valence-electron chi connectivity index (χ4n) is 3.67. The van der Waals surface area contributed by atoms with Gasteiger partial charge in [-0.15, -0.1) is 15.3 Å². The SMILES string of the molecule is FC(F)(F)c1nnc2ccc(NCc3ccccc3CN3CCCCCC3)nn12. The molecule has 1 N–H and O–H groups in total. The van der Waals surface area contributed by atoms with Crippen molar-refractivity contribution in [2.45, 2.75) is 44.9 Å². The van der Waals surface area contributed by atoms with Crippen molar-refractivity contribution in [1.82, 2.24) is 24.7 Å². The minimum Gasteiger partial charge on any atom is -0.365 e. The van der Waals surface area contributed by atoms with Gasteiger partial charge in [-0.2, -0.15) is 17.7 Å². The lowest BCUT2D eigenvalue weighted by Crippen LogP contribution is -2.24. The van der Waals surface area contributed by atoms with Crippen molar-refractivity contribution in [1.29, 1.82) is 0 Å². The highest BCUT2D eigenvalue weighted by Gasteiger charge is 2.37. The van der Waals surface area contributed by atoms with E-state index in [1.165, 1.54) is 37.3 Å². The first-order valence-electron chi connectivity index (χ1n) is 9.83. The van der Waals surface area contributed by atoms with Crippen LogP contribution in [0, 0.1) is 0 Å². The monoisotopic (exact) mass is 404 g/mol. The molecular formula is C20H23F3N6. The van der Waals surface area contributed by atoms with E-state index in [2.05, 4.69) is 31.6 Å². The summed E-state index contributed by atoms with van der Waals surface area (Å²) >= 11 is 0. The molecule has 0 amide bonds. The van der Waals surface area contributed by atoms with Gasteiger partial charge in [0, 0.05) is 13.1 Å². The van der Waals surface area contributed by atoms with Crippen LogP contribution in [-0.2, 0) is 19.3 Å². The molecule has 154 valence electrons. The molecule has 1 aliphatic heterocycles. The molecule has 29 heavy (non-hydrogen) atoms. The van der Waals surface area contributed by atoms with Crippen LogP contribution in [0.15, 0.2) is 36.4 Å². The maximum atomic E-state index is 13.0. The Morgan fingerprint density at radius 1 is 0.897 bits per heavy atom. The average Bonchev–Trinajstić information content (AvgIpc) is 2.97. The van der Waals surface area contributed by atoms with Crippen molar-refractivity contribution in [2.24, 2.45) is 0 Å². The number of aromatic nitrogens is 4. The van der Waals surface area contributed by atoms with Crippen LogP contribution in [0.4, 0.5) is 19.0 Å². The fraction of sp³-hybridized carbons (Fsp3) is 0.450. The first-order valence-corrected chi connectivity index (χ1v) is 9.83. The molecule has 1 fully saturated rings. The van der Waals surface area contributed by atoms with Crippen LogP contribution >= 0.6 is 0 Å². The number of anilines is 1. The minimum atomic E-state index is -4.61. The van der Waals surface area contributed by atoms with Crippen molar-refractivity contribution < 1.29 is 13.2 Å². The number of halogens is 3. The number of likely N-dealkylation sites (tertiary alicyclic amines) is 1. The highest BCUT2D eigenvalue weighted by atomic mass is 19.4. The number of nitrogens with zero attached hydrogens (tertiary/aromatic N) is 5. The van der Waals surface area contributed by atoms with E-state index in [1.807, 2.05) is 18.2 Å². The fourth-order valence-corrected chi connectivity index (χ4v) is 3.67. The van der Waals surface area contributed by atoms with E-state index in [0.717, 1.165) is 29.7 Å². The van der Waals surface area contributed by atoms with Crippen molar-refractivity contribution in [2.75, 3.05) is 18.4 Å². The van der Waals surface area contributed by atoms with E-state index in [9.17, 15) is 13.2 Å². The lowest BCUT2D eigenvalue weighted by molar-refractivity contribution is -0.146. The van der Waals surface area contributed by atoms with E-state index in [0.29, 0.717) is 12.4 Å². The molecule has 3 aromatic rings. The Bertz CT molecular complexity index is 960. The van der Waals surface area contributed by atoms with E-state index in [-0.39, 0.29) is 5.65 Å². The van der Waals surface area contributed by atoms with Gasteiger partial charge in [0.2, 0.25) is 0 Å². The summed E-state index contributed by atoms with van der Waals surface area (Å²) in [4.78, 5) is 2.48. The number of rotatable bonds is 5. The Morgan fingerprint density at radius 3 is 2.34 bits per heavy atom. The zero-order chi connectivity index (χ0) is 20.3. The predicted octanol–water partition coefficient (Wildman–Crippen LogP) is 4.13. The van der Waals surface area contributed by atoms with Crippen molar-refractivity contribution >= 4 is 11.5 Å². The maximum absolute atomic E-state index is 13.0. The second-order valence-electron chi connectivity index (χ2n) is 7.32. The molecule has 2 aromatic heterocycles. The summed E-state index contributed by atoms with van der Waals surface area (Å²) < 4.78 is 39.9. The zero-order valence-electron chi connectivity index (χ0n) is 16.0. The van der Waals surface area contributed by atoms with Gasteiger partial charge in [0.1, 0.15) is 5.82 Å². The molecule has 0 radical (unpaired) electrons. The number of fused-ring (bicyclic) bond motifs is 1. The average molecular weight is 404 g/mol. The molecule has 0 saturated carbocycles. The van der Waals surface area contributed by atoms with Gasteiger partial charge in [0.15, 0.2) is 5.65 Å². The van der Waals surface area contributed by atoms with Crippen molar-refractivity contribution in [3.63, 3.8) is 0 Å². The molecule has 0 aliphatic carbocycles. The Kier molecular flexibility index (Phi) is 5.66. The quantitative estimate of drug-likeness (QED) is 0.693. The summed E-state index contributed by atoms with van der Waals surface area (Å²) in [7, 11) is 0. The number of hydrogen-bond donors (Lipinski definition) is 1. The van der Waals surface area contributed by atoms with Gasteiger partial charge in [0.25, 0.3) is 5.82 Å². The summed E-state index contributed by atoms with van der Waals surface area (Å²) in [5.41, 5.74) is 2.39. The molecule has 6 nitrogen and oxygen atoms in total. The molecule has 4 rings (SSSR count). The Balaban J connectivity index is 1.49. The van der Waals surface area contributed by atoms with Crippen LogP contribution in [0.3, 0.4) is 0 Å². The lowest BCUT2D eigenvalue weighted by Gasteiger charge is -2.21. The van der Waals surface area contributed by atoms with Crippen LogP contribution in [0.1, 0.15) is 42.6 Å². The summed E-state index contributed by atoms with van der Waals surface area (Å²) in [6.45, 7) is 3.57. The van der Waals surface area contributed by atoms with E-state index < -0.39 is 12.0 Å². The summed E-state index contributed by atoms with van der Waals surface area (Å²) in [5.74, 6) is -0.787. The third-order valence-corrected chi connectivity index (χ3v) is 5.19. The largest absolute Gasteiger partial charge is 0.453 e. The van der Waals surface area contributed by atoms with Gasteiger partial charge in [0.05, 0.1) is 0 Å². The first-order chi connectivity index (χ1) is 14.0. The van der Waals surface area contributed by atoms with Gasteiger partial charge >= 0.3 is 6.18 Å². The summed E-state index contributed by atoms with van der Waals surface area (Å²) in [5, 5.41) is 13.9. The highest BCUT2D eigenvalue weighted by molar-refractivity contribution is 5.45. The van der Waals surface area contributed by atoms with Crippen LogP contribution in [0.25, 0.3) is 5.65 Å². The normalized spacial score (nSPS) is 16.1. The van der Waals surface area contributed by atoms with Gasteiger partial charge in [-0.3, -0.25) is 4.90 Å². The maximum Gasteiger partial charge on any atom is 0.453 e. The third kappa shape index (κ3) is 4.67. The standard InChI is InChI=1S/C20H23F3N6/c21-20(22,23)19-26-25-18-10-9-17(27-29(18)19)24-13-15-7-3-4-8-16(15)14-28-11-5-1-2-6-12-28/h3-4,7-10H,1-2,5-6,11-14H2,(H,24,27). The molecule has 1 aromatic carbocycles. The highest BCUT2D eigenvalue weighted by Crippen LogP contribution is 2.27. The topological polar surface area (TPSA) is 58.4 Å². The van der Waals surface area contributed by atoms with Crippen LogP contribution in [0.2, 0.25) is 0 Å². The van der Waals surface area contributed by atoms with Crippen LogP contribution in [-0.4, -0.2) is 37.8 Å². The number of hydrogen-bond acceptors (Lipinski definition) is 5. The van der Waals surface area contributed by atoms with Crippen LogP contribution < -0.4 is 5.32 Å². The number of alkyl halides is 3. The van der Waals surface area contributed by atoms with E-state index in [4.69, 9.17) is 0 Å². The summed E-state index contributed by atoms with van der Waals surface area (Å²) in [6, 6.07) is 11.2. The van der Waals surface area contributed by atoms with Gasteiger partial charge in [-0.1, -0.05) is 37.1 Å². The molecule has 3 heterocycles. The molecular weight excluding hydrogens is 381 g/mol. The molecule has 1 aliphatic rings. The van der Waals surface area contributed by atoms with E-state index in [1.54, 1.807) is 6.07 Å². The van der Waals surface area contributed by atoms with Gasteiger partial charge in [-0.05, 0) is 49.2 Å². The Labute approximate surface area is 166 Å².